The monoisotopic (exact) mass is 357 g/mol. The number of amides is 2. The Balaban J connectivity index is 2.00. The number of benzene rings is 1. The summed E-state index contributed by atoms with van der Waals surface area (Å²) in [7, 11) is 0. The van der Waals surface area contributed by atoms with Crippen molar-refractivity contribution in [1.29, 1.82) is 0 Å². The number of hydrogen-bond acceptors (Lipinski definition) is 3. The van der Waals surface area contributed by atoms with Crippen LogP contribution in [0.25, 0.3) is 0 Å². The van der Waals surface area contributed by atoms with E-state index in [0.29, 0.717) is 6.07 Å². The first kappa shape index (κ1) is 17.7. The van der Waals surface area contributed by atoms with Gasteiger partial charge < -0.3 is 10.6 Å². The van der Waals surface area contributed by atoms with Crippen molar-refractivity contribution in [2.45, 2.75) is 12.7 Å². The van der Waals surface area contributed by atoms with E-state index in [0.717, 1.165) is 11.6 Å². The topological polar surface area (TPSA) is 71.1 Å². The summed E-state index contributed by atoms with van der Waals surface area (Å²) in [5, 5.41) is 3.95. The fraction of sp³-hybridized carbons (Fsp3) is 0.133. The van der Waals surface area contributed by atoms with E-state index in [1.54, 1.807) is 12.1 Å². The number of hydrogen-bond donors (Lipinski definition) is 2. The molecule has 0 aliphatic heterocycles. The lowest BCUT2D eigenvalue weighted by Crippen LogP contribution is -2.35. The lowest BCUT2D eigenvalue weighted by atomic mass is 10.2. The highest BCUT2D eigenvalue weighted by atomic mass is 35.5. The van der Waals surface area contributed by atoms with Crippen LogP contribution >= 0.6 is 11.6 Å². The van der Waals surface area contributed by atoms with E-state index in [9.17, 15) is 22.8 Å². The minimum atomic E-state index is -4.67. The van der Waals surface area contributed by atoms with Crippen molar-refractivity contribution in [2.24, 2.45) is 0 Å². The summed E-state index contributed by atoms with van der Waals surface area (Å²) in [6.07, 6.45) is -1.62. The summed E-state index contributed by atoms with van der Waals surface area (Å²) < 4.78 is 38.3. The molecule has 1 aromatic heterocycles. The number of carbonyl (C=O) groups excluding carboxylic acids is 2. The molecule has 0 aliphatic rings. The van der Waals surface area contributed by atoms with E-state index >= 15 is 0 Å². The van der Waals surface area contributed by atoms with E-state index in [2.05, 4.69) is 15.6 Å². The van der Waals surface area contributed by atoms with Gasteiger partial charge in [-0.05, 0) is 35.9 Å². The first-order valence-corrected chi connectivity index (χ1v) is 7.00. The summed E-state index contributed by atoms with van der Waals surface area (Å²) in [5.41, 5.74) is -0.563. The minimum Gasteiger partial charge on any atom is -0.344 e. The van der Waals surface area contributed by atoms with Crippen LogP contribution in [0.4, 0.5) is 18.9 Å². The second-order valence-corrected chi connectivity index (χ2v) is 5.09. The van der Waals surface area contributed by atoms with Gasteiger partial charge in [0.1, 0.15) is 0 Å². The number of halogens is 4. The molecule has 0 atom stereocenters. The third-order valence-corrected chi connectivity index (χ3v) is 3.27. The van der Waals surface area contributed by atoms with Crippen molar-refractivity contribution >= 4 is 29.1 Å². The lowest BCUT2D eigenvalue weighted by Gasteiger charge is -2.11. The average molecular weight is 358 g/mol. The van der Waals surface area contributed by atoms with E-state index in [-0.39, 0.29) is 12.2 Å². The number of rotatable bonds is 3. The molecule has 1 heterocycles. The second-order valence-electron chi connectivity index (χ2n) is 4.68. The molecule has 2 amide bonds. The molecule has 0 saturated carbocycles. The summed E-state index contributed by atoms with van der Waals surface area (Å²) in [6, 6.07) is 6.12. The van der Waals surface area contributed by atoms with Gasteiger partial charge in [-0.3, -0.25) is 14.6 Å². The Morgan fingerprint density at radius 2 is 1.75 bits per heavy atom. The van der Waals surface area contributed by atoms with E-state index in [1.807, 2.05) is 0 Å². The Bertz CT molecular complexity index is 751. The maximum atomic E-state index is 12.8. The van der Waals surface area contributed by atoms with Crippen molar-refractivity contribution in [3.8, 4) is 0 Å². The Morgan fingerprint density at radius 3 is 2.38 bits per heavy atom. The number of nitrogens with zero attached hydrogens (tertiary/aromatic N) is 1. The van der Waals surface area contributed by atoms with Gasteiger partial charge in [-0.2, -0.15) is 13.2 Å². The summed E-state index contributed by atoms with van der Waals surface area (Å²) in [6.45, 7) is 0.0865. The van der Waals surface area contributed by atoms with Crippen LogP contribution in [-0.4, -0.2) is 16.8 Å². The molecule has 2 aromatic rings. The second kappa shape index (κ2) is 7.31. The maximum absolute atomic E-state index is 12.8. The molecule has 5 nitrogen and oxygen atoms in total. The Kier molecular flexibility index (Phi) is 5.40. The van der Waals surface area contributed by atoms with Crippen LogP contribution in [0.1, 0.15) is 11.1 Å². The molecule has 0 spiro atoms. The van der Waals surface area contributed by atoms with Crippen molar-refractivity contribution in [3.05, 3.63) is 58.9 Å². The third-order valence-electron chi connectivity index (χ3n) is 2.94. The zero-order valence-corrected chi connectivity index (χ0v) is 12.8. The van der Waals surface area contributed by atoms with Gasteiger partial charge in [0.05, 0.1) is 10.6 Å². The van der Waals surface area contributed by atoms with Crippen molar-refractivity contribution in [2.75, 3.05) is 5.32 Å². The third kappa shape index (κ3) is 4.69. The highest BCUT2D eigenvalue weighted by molar-refractivity contribution is 6.39. The number of pyridine rings is 1. The molecule has 0 bridgehead atoms. The molecular formula is C15H11ClF3N3O2. The number of anilines is 1. The van der Waals surface area contributed by atoms with Crippen molar-refractivity contribution in [3.63, 3.8) is 0 Å². The van der Waals surface area contributed by atoms with E-state index < -0.39 is 28.6 Å². The van der Waals surface area contributed by atoms with Gasteiger partial charge >= 0.3 is 18.0 Å². The van der Waals surface area contributed by atoms with Crippen LogP contribution in [0, 0.1) is 0 Å². The van der Waals surface area contributed by atoms with Gasteiger partial charge in [-0.25, -0.2) is 0 Å². The molecule has 126 valence electrons. The van der Waals surface area contributed by atoms with Gasteiger partial charge in [0.2, 0.25) is 0 Å². The fourth-order valence-corrected chi connectivity index (χ4v) is 2.00. The smallest absolute Gasteiger partial charge is 0.344 e. The molecule has 2 N–H and O–H groups in total. The van der Waals surface area contributed by atoms with Gasteiger partial charge in [-0.15, -0.1) is 0 Å². The molecule has 0 aliphatic carbocycles. The molecule has 24 heavy (non-hydrogen) atoms. The summed E-state index contributed by atoms with van der Waals surface area (Å²) >= 11 is 5.48. The SMILES string of the molecule is O=C(NCc1ccncc1)C(=O)Nc1ccc(Cl)c(C(F)(F)F)c1. The molecule has 9 heteroatoms. The molecule has 2 rings (SSSR count). The van der Waals surface area contributed by atoms with Crippen LogP contribution in [0.3, 0.4) is 0 Å². The Labute approximate surface area is 139 Å². The molecular weight excluding hydrogens is 347 g/mol. The summed E-state index contributed by atoms with van der Waals surface area (Å²) in [5.74, 6) is -2.06. The normalized spacial score (nSPS) is 11.0. The van der Waals surface area contributed by atoms with Gasteiger partial charge in [0, 0.05) is 24.6 Å². The lowest BCUT2D eigenvalue weighted by molar-refractivity contribution is -0.137. The first-order valence-electron chi connectivity index (χ1n) is 6.62. The maximum Gasteiger partial charge on any atom is 0.417 e. The molecule has 0 radical (unpaired) electrons. The van der Waals surface area contributed by atoms with Crippen LogP contribution < -0.4 is 10.6 Å². The number of alkyl halides is 3. The average Bonchev–Trinajstić information content (AvgIpc) is 2.54. The Morgan fingerprint density at radius 1 is 1.08 bits per heavy atom. The van der Waals surface area contributed by atoms with Gasteiger partial charge in [0.25, 0.3) is 0 Å². The van der Waals surface area contributed by atoms with E-state index in [4.69, 9.17) is 11.6 Å². The Hall–Kier alpha value is -2.61. The predicted molar refractivity (Wildman–Crippen MR) is 81.2 cm³/mol. The number of nitrogens with one attached hydrogen (secondary N) is 2. The van der Waals surface area contributed by atoms with Crippen LogP contribution in [0.5, 0.6) is 0 Å². The zero-order chi connectivity index (χ0) is 17.7. The fourth-order valence-electron chi connectivity index (χ4n) is 1.77. The molecule has 1 aromatic carbocycles. The largest absolute Gasteiger partial charge is 0.417 e. The zero-order valence-electron chi connectivity index (χ0n) is 12.0. The quantitative estimate of drug-likeness (QED) is 0.829. The van der Waals surface area contributed by atoms with Crippen LogP contribution in [-0.2, 0) is 22.3 Å². The van der Waals surface area contributed by atoms with Crippen LogP contribution in [0.2, 0.25) is 5.02 Å². The van der Waals surface area contributed by atoms with Gasteiger partial charge in [-0.1, -0.05) is 11.6 Å². The number of aromatic nitrogens is 1. The van der Waals surface area contributed by atoms with Crippen LogP contribution in [0.15, 0.2) is 42.7 Å². The standard InChI is InChI=1S/C15H11ClF3N3O2/c16-12-2-1-10(7-11(12)15(17,18)19)22-14(24)13(23)21-8-9-3-5-20-6-4-9/h1-7H,8H2,(H,21,23)(H,22,24). The highest BCUT2D eigenvalue weighted by Crippen LogP contribution is 2.36. The van der Waals surface area contributed by atoms with E-state index in [1.165, 1.54) is 18.5 Å². The predicted octanol–water partition coefficient (Wildman–Crippen LogP) is 3.01. The minimum absolute atomic E-state index is 0.0865. The first-order chi connectivity index (χ1) is 11.3. The highest BCUT2D eigenvalue weighted by Gasteiger charge is 2.33. The van der Waals surface area contributed by atoms with Crippen molar-refractivity contribution in [1.82, 2.24) is 10.3 Å². The van der Waals surface area contributed by atoms with Gasteiger partial charge in [0.15, 0.2) is 0 Å². The summed E-state index contributed by atoms with van der Waals surface area (Å²) in [4.78, 5) is 27.2. The molecule has 0 fully saturated rings. The van der Waals surface area contributed by atoms with Crippen molar-refractivity contribution < 1.29 is 22.8 Å². The molecule has 0 unspecified atom stereocenters. The number of carbonyl (C=O) groups is 2. The molecule has 0 saturated heterocycles.